The van der Waals surface area contributed by atoms with Crippen LogP contribution in [0.4, 0.5) is 5.13 Å². The van der Waals surface area contributed by atoms with Crippen LogP contribution >= 0.6 is 11.3 Å². The number of carbonyl (C=O) groups excluding carboxylic acids is 2. The molecule has 1 N–H and O–H groups in total. The lowest BCUT2D eigenvalue weighted by Gasteiger charge is -2.34. The first kappa shape index (κ1) is 16.9. The number of thiazole rings is 1. The van der Waals surface area contributed by atoms with Crippen molar-refractivity contribution in [1.82, 2.24) is 9.88 Å². The number of aromatic nitrogens is 1. The molecule has 1 fully saturated rings. The third kappa shape index (κ3) is 3.59. The number of hydrogen-bond donors (Lipinski definition) is 1. The summed E-state index contributed by atoms with van der Waals surface area (Å²) < 4.78 is 1.06. The van der Waals surface area contributed by atoms with E-state index in [-0.39, 0.29) is 17.9 Å². The second kappa shape index (κ2) is 7.30. The van der Waals surface area contributed by atoms with Crippen LogP contribution in [0.2, 0.25) is 0 Å². The molecule has 1 atom stereocenters. The molecular weight excluding hydrogens is 322 g/mol. The van der Waals surface area contributed by atoms with Gasteiger partial charge in [-0.1, -0.05) is 24.3 Å². The Morgan fingerprint density at radius 3 is 3.00 bits per heavy atom. The second-order valence-corrected chi connectivity index (χ2v) is 7.36. The topological polar surface area (TPSA) is 62.3 Å². The fraction of sp³-hybridized carbons (Fsp3) is 0.500. The van der Waals surface area contributed by atoms with Crippen LogP contribution in [0.1, 0.15) is 44.6 Å². The molecule has 2 amide bonds. The SMILES string of the molecule is CCCC(=O)N1CCCCC1C(=O)Nc1nc2ccc(C)cc2s1. The van der Waals surface area contributed by atoms with E-state index in [1.165, 1.54) is 16.9 Å². The molecule has 128 valence electrons. The first-order chi connectivity index (χ1) is 11.6. The van der Waals surface area contributed by atoms with E-state index in [2.05, 4.69) is 16.4 Å². The Hall–Kier alpha value is -1.95. The summed E-state index contributed by atoms with van der Waals surface area (Å²) in [5, 5.41) is 3.53. The lowest BCUT2D eigenvalue weighted by molar-refractivity contribution is -0.140. The van der Waals surface area contributed by atoms with Gasteiger partial charge in [-0.2, -0.15) is 0 Å². The summed E-state index contributed by atoms with van der Waals surface area (Å²) >= 11 is 1.48. The van der Waals surface area contributed by atoms with Crippen molar-refractivity contribution < 1.29 is 9.59 Å². The van der Waals surface area contributed by atoms with E-state index in [1.54, 1.807) is 4.90 Å². The summed E-state index contributed by atoms with van der Waals surface area (Å²) in [4.78, 5) is 31.2. The highest BCUT2D eigenvalue weighted by atomic mass is 32.1. The number of nitrogens with one attached hydrogen (secondary N) is 1. The predicted octanol–water partition coefficient (Wildman–Crippen LogP) is 3.72. The Morgan fingerprint density at radius 1 is 1.38 bits per heavy atom. The highest BCUT2D eigenvalue weighted by Gasteiger charge is 2.32. The number of nitrogens with zero attached hydrogens (tertiary/aromatic N) is 2. The van der Waals surface area contributed by atoms with Crippen molar-refractivity contribution in [3.63, 3.8) is 0 Å². The standard InChI is InChI=1S/C18H23N3O2S/c1-3-6-16(22)21-10-5-4-7-14(21)17(23)20-18-19-13-9-8-12(2)11-15(13)24-18/h8-9,11,14H,3-7,10H2,1-2H3,(H,19,20,23). The summed E-state index contributed by atoms with van der Waals surface area (Å²) in [6, 6.07) is 5.68. The summed E-state index contributed by atoms with van der Waals surface area (Å²) in [5.41, 5.74) is 2.07. The summed E-state index contributed by atoms with van der Waals surface area (Å²) in [7, 11) is 0. The van der Waals surface area contributed by atoms with Crippen molar-refractivity contribution in [2.45, 2.75) is 52.0 Å². The molecule has 1 aliphatic rings. The molecule has 1 aliphatic heterocycles. The molecule has 5 nitrogen and oxygen atoms in total. The maximum absolute atomic E-state index is 12.7. The summed E-state index contributed by atoms with van der Waals surface area (Å²) in [5.74, 6) is -0.0350. The van der Waals surface area contributed by atoms with E-state index in [4.69, 9.17) is 0 Å². The minimum absolute atomic E-state index is 0.0808. The molecule has 24 heavy (non-hydrogen) atoms. The zero-order valence-corrected chi connectivity index (χ0v) is 15.0. The number of anilines is 1. The molecule has 0 radical (unpaired) electrons. The third-order valence-electron chi connectivity index (χ3n) is 4.36. The second-order valence-electron chi connectivity index (χ2n) is 6.33. The fourth-order valence-corrected chi connectivity index (χ4v) is 4.10. The van der Waals surface area contributed by atoms with Crippen molar-refractivity contribution in [2.75, 3.05) is 11.9 Å². The van der Waals surface area contributed by atoms with Crippen molar-refractivity contribution in [2.24, 2.45) is 0 Å². The quantitative estimate of drug-likeness (QED) is 0.918. The number of fused-ring (bicyclic) bond motifs is 1. The lowest BCUT2D eigenvalue weighted by atomic mass is 10.0. The van der Waals surface area contributed by atoms with E-state index in [1.807, 2.05) is 26.0 Å². The average molecular weight is 345 g/mol. The molecular formula is C18H23N3O2S. The van der Waals surface area contributed by atoms with E-state index in [0.29, 0.717) is 18.1 Å². The van der Waals surface area contributed by atoms with Crippen molar-refractivity contribution in [1.29, 1.82) is 0 Å². The number of aryl methyl sites for hydroxylation is 1. The Kier molecular flexibility index (Phi) is 5.14. The summed E-state index contributed by atoms with van der Waals surface area (Å²) in [6.07, 6.45) is 3.99. The normalized spacial score (nSPS) is 17.9. The zero-order chi connectivity index (χ0) is 17.1. The van der Waals surface area contributed by atoms with Gasteiger partial charge in [-0.15, -0.1) is 0 Å². The van der Waals surface area contributed by atoms with Gasteiger partial charge in [-0.25, -0.2) is 4.98 Å². The van der Waals surface area contributed by atoms with Gasteiger partial charge in [0.1, 0.15) is 6.04 Å². The maximum atomic E-state index is 12.7. The van der Waals surface area contributed by atoms with Crippen LogP contribution in [0.25, 0.3) is 10.2 Å². The third-order valence-corrected chi connectivity index (χ3v) is 5.30. The van der Waals surface area contributed by atoms with Crippen molar-refractivity contribution in [3.8, 4) is 0 Å². The number of piperidine rings is 1. The number of hydrogen-bond acceptors (Lipinski definition) is 4. The van der Waals surface area contributed by atoms with Crippen LogP contribution < -0.4 is 5.32 Å². The molecule has 0 saturated carbocycles. The van der Waals surface area contributed by atoms with Gasteiger partial charge < -0.3 is 10.2 Å². The number of likely N-dealkylation sites (tertiary alicyclic amines) is 1. The van der Waals surface area contributed by atoms with Gasteiger partial charge in [0, 0.05) is 13.0 Å². The lowest BCUT2D eigenvalue weighted by Crippen LogP contribution is -2.49. The van der Waals surface area contributed by atoms with Crippen molar-refractivity contribution >= 4 is 38.5 Å². The average Bonchev–Trinajstić information content (AvgIpc) is 2.96. The van der Waals surface area contributed by atoms with Gasteiger partial charge in [0.05, 0.1) is 10.2 Å². The summed E-state index contributed by atoms with van der Waals surface area (Å²) in [6.45, 7) is 4.70. The Morgan fingerprint density at radius 2 is 2.21 bits per heavy atom. The van der Waals surface area contributed by atoms with Gasteiger partial charge >= 0.3 is 0 Å². The van der Waals surface area contributed by atoms with Crippen molar-refractivity contribution in [3.05, 3.63) is 23.8 Å². The zero-order valence-electron chi connectivity index (χ0n) is 14.2. The molecule has 1 saturated heterocycles. The highest BCUT2D eigenvalue weighted by Crippen LogP contribution is 2.28. The smallest absolute Gasteiger partial charge is 0.248 e. The molecule has 1 aromatic carbocycles. The highest BCUT2D eigenvalue weighted by molar-refractivity contribution is 7.22. The minimum atomic E-state index is -0.369. The molecule has 3 rings (SSSR count). The molecule has 0 bridgehead atoms. The van der Waals surface area contributed by atoms with Crippen LogP contribution in [0, 0.1) is 6.92 Å². The van der Waals surface area contributed by atoms with E-state index in [0.717, 1.165) is 35.9 Å². The minimum Gasteiger partial charge on any atom is -0.331 e. The number of amides is 2. The number of carbonyl (C=O) groups is 2. The molecule has 1 aromatic heterocycles. The van der Waals surface area contributed by atoms with Crippen LogP contribution in [-0.2, 0) is 9.59 Å². The maximum Gasteiger partial charge on any atom is 0.248 e. The first-order valence-corrected chi connectivity index (χ1v) is 9.37. The first-order valence-electron chi connectivity index (χ1n) is 8.56. The molecule has 0 aliphatic carbocycles. The van der Waals surface area contributed by atoms with Crippen LogP contribution in [0.3, 0.4) is 0 Å². The van der Waals surface area contributed by atoms with Gasteiger partial charge in [-0.05, 0) is 50.3 Å². The molecule has 2 heterocycles. The Bertz CT molecular complexity index is 756. The van der Waals surface area contributed by atoms with E-state index in [9.17, 15) is 9.59 Å². The molecule has 0 spiro atoms. The van der Waals surface area contributed by atoms with Crippen LogP contribution in [-0.4, -0.2) is 34.3 Å². The van der Waals surface area contributed by atoms with E-state index >= 15 is 0 Å². The largest absolute Gasteiger partial charge is 0.331 e. The van der Waals surface area contributed by atoms with Gasteiger partial charge in [0.2, 0.25) is 11.8 Å². The van der Waals surface area contributed by atoms with Gasteiger partial charge in [0.25, 0.3) is 0 Å². The Labute approximate surface area is 146 Å². The number of rotatable bonds is 4. The predicted molar refractivity (Wildman–Crippen MR) is 97.2 cm³/mol. The van der Waals surface area contributed by atoms with Crippen LogP contribution in [0.15, 0.2) is 18.2 Å². The van der Waals surface area contributed by atoms with E-state index < -0.39 is 0 Å². The van der Waals surface area contributed by atoms with Gasteiger partial charge in [0.15, 0.2) is 5.13 Å². The van der Waals surface area contributed by atoms with Gasteiger partial charge in [-0.3, -0.25) is 9.59 Å². The van der Waals surface area contributed by atoms with Crippen LogP contribution in [0.5, 0.6) is 0 Å². The monoisotopic (exact) mass is 345 g/mol. The fourth-order valence-electron chi connectivity index (χ4n) is 3.13. The Balaban J connectivity index is 1.74. The number of benzene rings is 1. The molecule has 6 heteroatoms. The molecule has 1 unspecified atom stereocenters. The molecule has 2 aromatic rings.